The third-order valence-corrected chi connectivity index (χ3v) is 4.31. The van der Waals surface area contributed by atoms with Gasteiger partial charge in [0, 0.05) is 30.8 Å². The maximum atomic E-state index is 12.7. The molecule has 7 heteroatoms. The summed E-state index contributed by atoms with van der Waals surface area (Å²) in [4.78, 5) is 24.8. The molecule has 0 unspecified atom stereocenters. The van der Waals surface area contributed by atoms with E-state index in [9.17, 15) is 14.9 Å². The lowest BCUT2D eigenvalue weighted by molar-refractivity contribution is -0.384. The number of nitro benzene ring substituents is 1. The molecule has 0 radical (unpaired) electrons. The lowest BCUT2D eigenvalue weighted by Crippen LogP contribution is -2.37. The van der Waals surface area contributed by atoms with Gasteiger partial charge in [0.2, 0.25) is 0 Å². The summed E-state index contributed by atoms with van der Waals surface area (Å²) in [6, 6.07) is 6.10. The summed E-state index contributed by atoms with van der Waals surface area (Å²) in [5.74, 6) is 0.608. The van der Waals surface area contributed by atoms with Gasteiger partial charge in [0.15, 0.2) is 0 Å². The predicted octanol–water partition coefficient (Wildman–Crippen LogP) is 2.86. The van der Waals surface area contributed by atoms with Crippen molar-refractivity contribution in [2.45, 2.75) is 19.8 Å². The molecule has 3 rings (SSSR count). The van der Waals surface area contributed by atoms with Crippen LogP contribution in [-0.4, -0.2) is 39.0 Å². The van der Waals surface area contributed by atoms with Crippen LogP contribution in [0.2, 0.25) is 0 Å². The summed E-state index contributed by atoms with van der Waals surface area (Å²) in [6.07, 6.45) is 3.55. The molecule has 1 aliphatic heterocycles. The van der Waals surface area contributed by atoms with Crippen LogP contribution in [0.4, 0.5) is 5.69 Å². The molecule has 23 heavy (non-hydrogen) atoms. The zero-order chi connectivity index (χ0) is 16.4. The van der Waals surface area contributed by atoms with Crippen LogP contribution in [0.15, 0.2) is 30.5 Å². The highest BCUT2D eigenvalue weighted by Crippen LogP contribution is 2.26. The Hall–Kier alpha value is -2.70. The first-order valence-electron chi connectivity index (χ1n) is 7.63. The number of aromatic amines is 1. The van der Waals surface area contributed by atoms with Gasteiger partial charge in [-0.1, -0.05) is 6.92 Å². The lowest BCUT2D eigenvalue weighted by Gasteiger charge is -2.30. The van der Waals surface area contributed by atoms with Gasteiger partial charge < -0.3 is 4.90 Å². The monoisotopic (exact) mass is 314 g/mol. The number of nitrogens with one attached hydrogen (secondary N) is 1. The average Bonchev–Trinajstić information content (AvgIpc) is 3.04. The van der Waals surface area contributed by atoms with Gasteiger partial charge in [-0.25, -0.2) is 0 Å². The number of amides is 1. The number of nitrogens with zero attached hydrogens (tertiary/aromatic N) is 3. The molecule has 0 spiro atoms. The van der Waals surface area contributed by atoms with Crippen molar-refractivity contribution in [2.24, 2.45) is 5.92 Å². The summed E-state index contributed by atoms with van der Waals surface area (Å²) in [5.41, 5.74) is 1.84. The second-order valence-corrected chi connectivity index (χ2v) is 5.94. The number of benzene rings is 1. The quantitative estimate of drug-likeness (QED) is 0.696. The number of aromatic nitrogens is 2. The van der Waals surface area contributed by atoms with Crippen molar-refractivity contribution < 1.29 is 9.72 Å². The van der Waals surface area contributed by atoms with E-state index in [1.807, 2.05) is 4.90 Å². The number of likely N-dealkylation sites (tertiary alicyclic amines) is 1. The summed E-state index contributed by atoms with van der Waals surface area (Å²) in [6.45, 7) is 3.71. The van der Waals surface area contributed by atoms with E-state index in [4.69, 9.17) is 0 Å². The number of hydrogen-bond acceptors (Lipinski definition) is 4. The van der Waals surface area contributed by atoms with Gasteiger partial charge in [0.1, 0.15) is 0 Å². The van der Waals surface area contributed by atoms with Crippen LogP contribution in [0.1, 0.15) is 30.1 Å². The van der Waals surface area contributed by atoms with Gasteiger partial charge in [-0.05, 0) is 30.9 Å². The van der Waals surface area contributed by atoms with E-state index in [1.165, 1.54) is 18.3 Å². The maximum Gasteiger partial charge on any atom is 0.269 e. The molecule has 1 saturated heterocycles. The van der Waals surface area contributed by atoms with Gasteiger partial charge in [-0.3, -0.25) is 20.0 Å². The number of hydrogen-bond donors (Lipinski definition) is 1. The molecule has 2 heterocycles. The topological polar surface area (TPSA) is 92.1 Å². The van der Waals surface area contributed by atoms with Crippen molar-refractivity contribution in [3.8, 4) is 11.3 Å². The number of non-ortho nitro benzene ring substituents is 1. The Balaban J connectivity index is 1.84. The molecule has 0 atom stereocenters. The van der Waals surface area contributed by atoms with E-state index in [-0.39, 0.29) is 11.6 Å². The molecule has 1 aliphatic rings. The summed E-state index contributed by atoms with van der Waals surface area (Å²) in [5, 5.41) is 17.5. The minimum atomic E-state index is -0.447. The fourth-order valence-electron chi connectivity index (χ4n) is 2.80. The van der Waals surface area contributed by atoms with E-state index >= 15 is 0 Å². The van der Waals surface area contributed by atoms with Crippen molar-refractivity contribution in [3.05, 3.63) is 46.1 Å². The Bertz CT molecular complexity index is 715. The fourth-order valence-corrected chi connectivity index (χ4v) is 2.80. The van der Waals surface area contributed by atoms with Gasteiger partial charge in [0.25, 0.3) is 11.6 Å². The van der Waals surface area contributed by atoms with Gasteiger partial charge in [-0.2, -0.15) is 5.10 Å². The van der Waals surface area contributed by atoms with Crippen molar-refractivity contribution in [2.75, 3.05) is 13.1 Å². The molecule has 120 valence electrons. The number of carbonyl (C=O) groups is 1. The highest BCUT2D eigenvalue weighted by atomic mass is 16.6. The summed E-state index contributed by atoms with van der Waals surface area (Å²) >= 11 is 0. The molecule has 1 aromatic heterocycles. The second-order valence-electron chi connectivity index (χ2n) is 5.94. The molecular formula is C16H18N4O3. The van der Waals surface area contributed by atoms with Gasteiger partial charge in [0.05, 0.1) is 22.4 Å². The van der Waals surface area contributed by atoms with Crippen molar-refractivity contribution >= 4 is 11.6 Å². The predicted molar refractivity (Wildman–Crippen MR) is 85.0 cm³/mol. The Morgan fingerprint density at radius 1 is 1.30 bits per heavy atom. The van der Waals surface area contributed by atoms with Gasteiger partial charge >= 0.3 is 0 Å². The van der Waals surface area contributed by atoms with E-state index in [1.54, 1.807) is 12.1 Å². The first-order valence-corrected chi connectivity index (χ1v) is 7.63. The molecule has 1 aromatic carbocycles. The number of H-pyrrole nitrogens is 1. The van der Waals surface area contributed by atoms with Crippen LogP contribution < -0.4 is 0 Å². The van der Waals surface area contributed by atoms with Crippen molar-refractivity contribution in [3.63, 3.8) is 0 Å². The van der Waals surface area contributed by atoms with Crippen molar-refractivity contribution in [1.29, 1.82) is 0 Å². The van der Waals surface area contributed by atoms with E-state index in [0.29, 0.717) is 22.7 Å². The molecule has 0 bridgehead atoms. The number of rotatable bonds is 3. The largest absolute Gasteiger partial charge is 0.339 e. The zero-order valence-electron chi connectivity index (χ0n) is 12.9. The van der Waals surface area contributed by atoms with Crippen LogP contribution >= 0.6 is 0 Å². The van der Waals surface area contributed by atoms with Crippen LogP contribution in [-0.2, 0) is 0 Å². The van der Waals surface area contributed by atoms with Crippen LogP contribution in [0.25, 0.3) is 11.3 Å². The Morgan fingerprint density at radius 2 is 1.96 bits per heavy atom. The normalized spacial score (nSPS) is 15.6. The summed E-state index contributed by atoms with van der Waals surface area (Å²) in [7, 11) is 0. The van der Waals surface area contributed by atoms with Gasteiger partial charge in [-0.15, -0.1) is 0 Å². The van der Waals surface area contributed by atoms with E-state index in [0.717, 1.165) is 25.9 Å². The molecule has 0 saturated carbocycles. The standard InChI is InChI=1S/C16H18N4O3/c1-11-6-8-19(9-7-11)16(21)14-10-17-18-15(14)12-2-4-13(5-3-12)20(22)23/h2-5,10-11H,6-9H2,1H3,(H,17,18). The third kappa shape index (κ3) is 3.08. The molecular weight excluding hydrogens is 296 g/mol. The van der Waals surface area contributed by atoms with E-state index in [2.05, 4.69) is 17.1 Å². The molecule has 7 nitrogen and oxygen atoms in total. The Labute approximate surface area is 133 Å². The Morgan fingerprint density at radius 3 is 2.57 bits per heavy atom. The first kappa shape index (κ1) is 15.2. The summed E-state index contributed by atoms with van der Waals surface area (Å²) < 4.78 is 0. The molecule has 1 fully saturated rings. The second kappa shape index (κ2) is 6.20. The zero-order valence-corrected chi connectivity index (χ0v) is 12.9. The maximum absolute atomic E-state index is 12.7. The molecule has 0 aliphatic carbocycles. The molecule has 1 N–H and O–H groups in total. The molecule has 1 amide bonds. The Kier molecular flexibility index (Phi) is 4.10. The van der Waals surface area contributed by atoms with Crippen molar-refractivity contribution in [1.82, 2.24) is 15.1 Å². The van der Waals surface area contributed by atoms with Crippen LogP contribution in [0.5, 0.6) is 0 Å². The fraction of sp³-hybridized carbons (Fsp3) is 0.375. The minimum Gasteiger partial charge on any atom is -0.339 e. The van der Waals surface area contributed by atoms with Crippen LogP contribution in [0, 0.1) is 16.0 Å². The highest BCUT2D eigenvalue weighted by molar-refractivity contribution is 5.99. The van der Waals surface area contributed by atoms with Crippen LogP contribution in [0.3, 0.4) is 0 Å². The number of piperidine rings is 1. The average molecular weight is 314 g/mol. The molecule has 2 aromatic rings. The lowest BCUT2D eigenvalue weighted by atomic mass is 9.98. The minimum absolute atomic E-state index is 0.0196. The number of carbonyl (C=O) groups excluding carboxylic acids is 1. The number of nitro groups is 1. The van der Waals surface area contributed by atoms with E-state index < -0.39 is 4.92 Å². The SMILES string of the molecule is CC1CCN(C(=O)c2cn[nH]c2-c2ccc([N+](=O)[O-])cc2)CC1. The third-order valence-electron chi connectivity index (χ3n) is 4.31. The first-order chi connectivity index (χ1) is 11.1. The smallest absolute Gasteiger partial charge is 0.269 e. The highest BCUT2D eigenvalue weighted by Gasteiger charge is 2.24.